The average molecular weight is 224 g/mol. The second-order valence-electron chi connectivity index (χ2n) is 3.24. The predicted octanol–water partition coefficient (Wildman–Crippen LogP) is 2.95. The second-order valence-corrected chi connectivity index (χ2v) is 3.24. The van der Waals surface area contributed by atoms with Crippen molar-refractivity contribution in [3.63, 3.8) is 0 Å². The Hall–Kier alpha value is -2.01. The van der Waals surface area contributed by atoms with Crippen LogP contribution in [0.15, 0.2) is 12.1 Å². The smallest absolute Gasteiger partial charge is 0.198 e. The minimum absolute atomic E-state index is 0.00857. The summed E-state index contributed by atoms with van der Waals surface area (Å²) in [6.07, 6.45) is -4.77. The first kappa shape index (κ1) is 12.1. The van der Waals surface area contributed by atoms with Gasteiger partial charge in [0.05, 0.1) is 23.6 Å². The Balaban J connectivity index is 3.54. The van der Waals surface area contributed by atoms with E-state index in [1.165, 1.54) is 25.1 Å². The topological polar surface area (TPSA) is 47.6 Å². The van der Waals surface area contributed by atoms with Crippen LogP contribution in [0.5, 0.6) is 0 Å². The molecule has 0 saturated carbocycles. The third-order valence-electron chi connectivity index (χ3n) is 2.16. The van der Waals surface area contributed by atoms with Gasteiger partial charge in [0.1, 0.15) is 6.07 Å². The number of hydrogen-bond donors (Lipinski definition) is 0. The minimum atomic E-state index is -4.57. The van der Waals surface area contributed by atoms with Gasteiger partial charge < -0.3 is 0 Å². The zero-order chi connectivity index (χ0) is 12.3. The number of alkyl halides is 3. The van der Waals surface area contributed by atoms with Crippen LogP contribution in [-0.4, -0.2) is 0 Å². The highest BCUT2D eigenvalue weighted by Gasteiger charge is 2.36. The minimum Gasteiger partial charge on any atom is -0.198 e. The highest BCUT2D eigenvalue weighted by atomic mass is 19.4. The molecule has 0 fully saturated rings. The molecule has 0 radical (unpaired) electrons. The van der Waals surface area contributed by atoms with Gasteiger partial charge in [-0.05, 0) is 18.1 Å². The molecule has 16 heavy (non-hydrogen) atoms. The number of nitriles is 2. The van der Waals surface area contributed by atoms with Crippen LogP contribution >= 0.6 is 0 Å². The Labute approximate surface area is 90.5 Å². The predicted molar refractivity (Wildman–Crippen MR) is 50.2 cm³/mol. The molecule has 0 aromatic heterocycles. The van der Waals surface area contributed by atoms with Gasteiger partial charge in [-0.15, -0.1) is 0 Å². The van der Waals surface area contributed by atoms with Crippen molar-refractivity contribution in [1.82, 2.24) is 0 Å². The van der Waals surface area contributed by atoms with Crippen molar-refractivity contribution >= 4 is 0 Å². The molecule has 0 spiro atoms. The van der Waals surface area contributed by atoms with Gasteiger partial charge in [0, 0.05) is 0 Å². The van der Waals surface area contributed by atoms with Crippen LogP contribution < -0.4 is 0 Å². The first-order chi connectivity index (χ1) is 7.41. The Morgan fingerprint density at radius 1 is 1.25 bits per heavy atom. The molecular formula is C11H7F3N2. The zero-order valence-corrected chi connectivity index (χ0v) is 8.39. The summed E-state index contributed by atoms with van der Waals surface area (Å²) >= 11 is 0. The lowest BCUT2D eigenvalue weighted by Gasteiger charge is -2.13. The maximum absolute atomic E-state index is 12.7. The third-order valence-corrected chi connectivity index (χ3v) is 2.16. The number of rotatable bonds is 1. The van der Waals surface area contributed by atoms with E-state index in [1.807, 2.05) is 0 Å². The molecule has 0 aliphatic carbocycles. The highest BCUT2D eigenvalue weighted by molar-refractivity contribution is 5.50. The van der Waals surface area contributed by atoms with Gasteiger partial charge in [-0.3, -0.25) is 0 Å². The first-order valence-electron chi connectivity index (χ1n) is 4.38. The standard InChI is InChI=1S/C11H7F3N2/c1-7-2-3-8(4-5-15)9(6-16)10(7)11(12,13)14/h2-3H,4H2,1H3. The molecule has 0 saturated heterocycles. The molecule has 82 valence electrons. The summed E-state index contributed by atoms with van der Waals surface area (Å²) in [4.78, 5) is 0. The fourth-order valence-corrected chi connectivity index (χ4v) is 1.48. The van der Waals surface area contributed by atoms with E-state index in [0.29, 0.717) is 0 Å². The van der Waals surface area contributed by atoms with Crippen molar-refractivity contribution in [2.75, 3.05) is 0 Å². The summed E-state index contributed by atoms with van der Waals surface area (Å²) in [7, 11) is 0. The zero-order valence-electron chi connectivity index (χ0n) is 8.39. The van der Waals surface area contributed by atoms with Crippen molar-refractivity contribution in [1.29, 1.82) is 10.5 Å². The molecule has 5 heteroatoms. The molecule has 0 N–H and O–H groups in total. The quantitative estimate of drug-likeness (QED) is 0.736. The van der Waals surface area contributed by atoms with Crippen molar-refractivity contribution in [2.45, 2.75) is 19.5 Å². The monoisotopic (exact) mass is 224 g/mol. The molecule has 0 aliphatic heterocycles. The van der Waals surface area contributed by atoms with Crippen LogP contribution in [0.25, 0.3) is 0 Å². The van der Waals surface area contributed by atoms with Gasteiger partial charge in [-0.1, -0.05) is 12.1 Å². The number of aryl methyl sites for hydroxylation is 1. The summed E-state index contributed by atoms with van der Waals surface area (Å²) in [6, 6.07) is 5.92. The summed E-state index contributed by atoms with van der Waals surface area (Å²) in [5.74, 6) is 0. The highest BCUT2D eigenvalue weighted by Crippen LogP contribution is 2.35. The van der Waals surface area contributed by atoms with Gasteiger partial charge >= 0.3 is 6.18 Å². The number of hydrogen-bond acceptors (Lipinski definition) is 2. The van der Waals surface area contributed by atoms with Gasteiger partial charge in [0.25, 0.3) is 0 Å². The Bertz CT molecular complexity index is 490. The van der Waals surface area contributed by atoms with E-state index in [9.17, 15) is 13.2 Å². The molecular weight excluding hydrogens is 217 g/mol. The normalized spacial score (nSPS) is 10.6. The van der Waals surface area contributed by atoms with Crippen molar-refractivity contribution in [2.24, 2.45) is 0 Å². The van der Waals surface area contributed by atoms with E-state index >= 15 is 0 Å². The van der Waals surface area contributed by atoms with Gasteiger partial charge in [0.2, 0.25) is 0 Å². The molecule has 0 bridgehead atoms. The van der Waals surface area contributed by atoms with E-state index in [-0.39, 0.29) is 17.5 Å². The van der Waals surface area contributed by atoms with Crippen molar-refractivity contribution in [3.8, 4) is 12.1 Å². The molecule has 1 aromatic rings. The van der Waals surface area contributed by atoms with Crippen molar-refractivity contribution in [3.05, 3.63) is 34.4 Å². The number of nitrogens with zero attached hydrogens (tertiary/aromatic N) is 2. The number of benzene rings is 1. The van der Waals surface area contributed by atoms with E-state index in [2.05, 4.69) is 0 Å². The lowest BCUT2D eigenvalue weighted by molar-refractivity contribution is -0.138. The largest absolute Gasteiger partial charge is 0.417 e. The average Bonchev–Trinajstić information content (AvgIpc) is 2.18. The summed E-state index contributed by atoms with van der Waals surface area (Å²) in [5.41, 5.74) is -1.29. The van der Waals surface area contributed by atoms with Crippen LogP contribution in [0.2, 0.25) is 0 Å². The van der Waals surface area contributed by atoms with E-state index in [4.69, 9.17) is 10.5 Å². The maximum atomic E-state index is 12.7. The maximum Gasteiger partial charge on any atom is 0.417 e. The molecule has 1 aromatic carbocycles. The fourth-order valence-electron chi connectivity index (χ4n) is 1.48. The van der Waals surface area contributed by atoms with Crippen LogP contribution in [0.4, 0.5) is 13.2 Å². The molecule has 0 aliphatic rings. The molecule has 2 nitrogen and oxygen atoms in total. The number of halogens is 3. The van der Waals surface area contributed by atoms with E-state index < -0.39 is 17.3 Å². The molecule has 1 rings (SSSR count). The first-order valence-corrected chi connectivity index (χ1v) is 4.38. The Kier molecular flexibility index (Phi) is 3.20. The van der Waals surface area contributed by atoms with E-state index in [0.717, 1.165) is 0 Å². The van der Waals surface area contributed by atoms with Gasteiger partial charge in [-0.2, -0.15) is 23.7 Å². The lowest BCUT2D eigenvalue weighted by atomic mass is 9.95. The van der Waals surface area contributed by atoms with Gasteiger partial charge in [0.15, 0.2) is 0 Å². The fraction of sp³-hybridized carbons (Fsp3) is 0.273. The van der Waals surface area contributed by atoms with Crippen LogP contribution in [0, 0.1) is 29.6 Å². The second kappa shape index (κ2) is 4.24. The Morgan fingerprint density at radius 2 is 1.88 bits per heavy atom. The third kappa shape index (κ3) is 2.14. The van der Waals surface area contributed by atoms with E-state index in [1.54, 1.807) is 6.07 Å². The Morgan fingerprint density at radius 3 is 2.31 bits per heavy atom. The van der Waals surface area contributed by atoms with Crippen LogP contribution in [0.3, 0.4) is 0 Å². The SMILES string of the molecule is Cc1ccc(CC#N)c(C#N)c1C(F)(F)F. The van der Waals surface area contributed by atoms with Crippen molar-refractivity contribution < 1.29 is 13.2 Å². The van der Waals surface area contributed by atoms with Gasteiger partial charge in [-0.25, -0.2) is 0 Å². The molecule has 0 unspecified atom stereocenters. The van der Waals surface area contributed by atoms with Crippen LogP contribution in [-0.2, 0) is 12.6 Å². The molecule has 0 atom stereocenters. The lowest BCUT2D eigenvalue weighted by Crippen LogP contribution is -2.12. The summed E-state index contributed by atoms with van der Waals surface area (Å²) in [5, 5.41) is 17.2. The van der Waals surface area contributed by atoms with Crippen LogP contribution in [0.1, 0.15) is 22.3 Å². The summed E-state index contributed by atoms with van der Waals surface area (Å²) < 4.78 is 38.0. The summed E-state index contributed by atoms with van der Waals surface area (Å²) in [6.45, 7) is 1.29. The molecule has 0 heterocycles. The molecule has 0 amide bonds.